The number of ether oxygens (including phenoxy) is 3. The first-order chi connectivity index (χ1) is 21.1. The normalized spacial score (nSPS) is 12.8. The van der Waals surface area contributed by atoms with Gasteiger partial charge in [-0.2, -0.15) is 0 Å². The molecule has 0 fully saturated rings. The Hall–Kier alpha value is -4.74. The minimum Gasteiger partial charge on any atom is -0.497 e. The van der Waals surface area contributed by atoms with E-state index in [2.05, 4.69) is 10.3 Å². The van der Waals surface area contributed by atoms with Gasteiger partial charge in [0.2, 0.25) is 11.8 Å². The van der Waals surface area contributed by atoms with Gasteiger partial charge in [-0.05, 0) is 55.4 Å². The Bertz CT molecular complexity index is 1650. The fourth-order valence-corrected chi connectivity index (χ4v) is 4.57. The summed E-state index contributed by atoms with van der Waals surface area (Å²) in [6.07, 6.45) is 9.36. The molecule has 0 spiro atoms. The Morgan fingerprint density at radius 3 is 2.57 bits per heavy atom. The Labute approximate surface area is 257 Å². The topological polar surface area (TPSA) is 134 Å². The van der Waals surface area contributed by atoms with E-state index in [1.807, 2.05) is 69.4 Å². The molecule has 2 atom stereocenters. The second-order valence-corrected chi connectivity index (χ2v) is 10.8. The average molecular weight is 601 g/mol. The number of nitrogens with zero attached hydrogens (tertiary/aromatic N) is 4. The number of likely N-dealkylation sites (N-methyl/N-ethyl adjacent to an activating group) is 1. The molecule has 0 radical (unpaired) electrons. The molecule has 0 saturated carbocycles. The van der Waals surface area contributed by atoms with Gasteiger partial charge in [-0.15, -0.1) is 0 Å². The van der Waals surface area contributed by atoms with Crippen LogP contribution in [0.2, 0.25) is 0 Å². The van der Waals surface area contributed by atoms with E-state index in [-0.39, 0.29) is 18.6 Å². The van der Waals surface area contributed by atoms with Crippen molar-refractivity contribution in [2.45, 2.75) is 33.0 Å². The zero-order valence-corrected chi connectivity index (χ0v) is 26.0. The van der Waals surface area contributed by atoms with Gasteiger partial charge in [0.25, 0.3) is 0 Å². The zero-order valence-electron chi connectivity index (χ0n) is 26.0. The zero-order chi connectivity index (χ0) is 31.8. The van der Waals surface area contributed by atoms with Gasteiger partial charge < -0.3 is 30.2 Å². The summed E-state index contributed by atoms with van der Waals surface area (Å²) in [7, 11) is 7.00. The summed E-state index contributed by atoms with van der Waals surface area (Å²) in [5.41, 5.74) is 10.6. The van der Waals surface area contributed by atoms with E-state index in [9.17, 15) is 9.59 Å². The highest BCUT2D eigenvalue weighted by atomic mass is 16.5. The number of fused-ring (bicyclic) bond motifs is 1. The molecule has 3 heterocycles. The fraction of sp³-hybridized carbons (Fsp3) is 0.333. The Balaban J connectivity index is 1.74. The lowest BCUT2D eigenvalue weighted by Gasteiger charge is -2.17. The SMILES string of the molecule is CCC(C)C(N)C(=O)OCn1cc(-c2ccnc(OC)c2)c2cc(-c3cc(NC(=O)/C=C/CN(C)C)cc(OC)c3)cnc21. The number of methoxy groups -OCH3 is 2. The van der Waals surface area contributed by atoms with Crippen molar-refractivity contribution in [1.29, 1.82) is 0 Å². The number of hydrogen-bond acceptors (Lipinski definition) is 9. The van der Waals surface area contributed by atoms with Crippen molar-refractivity contribution in [3.8, 4) is 33.9 Å². The molecule has 4 aromatic rings. The number of carbonyl (C=O) groups excluding carboxylic acids is 2. The van der Waals surface area contributed by atoms with Gasteiger partial charge in [0.05, 0.1) is 14.2 Å². The molecule has 232 valence electrons. The molecule has 11 heteroatoms. The van der Waals surface area contributed by atoms with Crippen LogP contribution in [-0.4, -0.2) is 72.2 Å². The first-order valence-electron chi connectivity index (χ1n) is 14.4. The smallest absolute Gasteiger partial charge is 0.324 e. The lowest BCUT2D eigenvalue weighted by Crippen LogP contribution is -2.38. The first kappa shape index (κ1) is 32.2. The molecule has 11 nitrogen and oxygen atoms in total. The monoisotopic (exact) mass is 600 g/mol. The molecule has 0 bridgehead atoms. The van der Waals surface area contributed by atoms with Crippen LogP contribution in [0.5, 0.6) is 11.6 Å². The van der Waals surface area contributed by atoms with Crippen LogP contribution in [0.15, 0.2) is 67.1 Å². The van der Waals surface area contributed by atoms with Crippen LogP contribution >= 0.6 is 0 Å². The highest BCUT2D eigenvalue weighted by molar-refractivity contribution is 6.00. The third-order valence-electron chi connectivity index (χ3n) is 7.33. The van der Waals surface area contributed by atoms with E-state index in [1.54, 1.807) is 43.3 Å². The average Bonchev–Trinajstić information content (AvgIpc) is 3.40. The molecular weight excluding hydrogens is 560 g/mol. The Morgan fingerprint density at radius 2 is 1.86 bits per heavy atom. The summed E-state index contributed by atoms with van der Waals surface area (Å²) in [5, 5.41) is 3.73. The summed E-state index contributed by atoms with van der Waals surface area (Å²) in [6.45, 7) is 4.51. The van der Waals surface area contributed by atoms with Gasteiger partial charge in [0.1, 0.15) is 17.4 Å². The molecule has 0 aliphatic heterocycles. The summed E-state index contributed by atoms with van der Waals surface area (Å²) in [6, 6.07) is 10.5. The van der Waals surface area contributed by atoms with Crippen molar-refractivity contribution in [3.63, 3.8) is 0 Å². The third kappa shape index (κ3) is 7.80. The van der Waals surface area contributed by atoms with Gasteiger partial charge in [0, 0.05) is 65.5 Å². The van der Waals surface area contributed by atoms with Crippen molar-refractivity contribution < 1.29 is 23.8 Å². The van der Waals surface area contributed by atoms with E-state index in [0.29, 0.717) is 29.5 Å². The predicted molar refractivity (Wildman–Crippen MR) is 171 cm³/mol. The minimum absolute atomic E-state index is 0.00367. The van der Waals surface area contributed by atoms with Crippen LogP contribution in [0, 0.1) is 5.92 Å². The maximum atomic E-state index is 12.7. The summed E-state index contributed by atoms with van der Waals surface area (Å²) in [4.78, 5) is 36.2. The van der Waals surface area contributed by atoms with Crippen molar-refractivity contribution in [2.75, 3.05) is 40.2 Å². The second-order valence-electron chi connectivity index (χ2n) is 10.8. The maximum Gasteiger partial charge on any atom is 0.324 e. The van der Waals surface area contributed by atoms with Gasteiger partial charge in [-0.1, -0.05) is 26.3 Å². The molecule has 0 saturated heterocycles. The maximum absolute atomic E-state index is 12.7. The number of nitrogens with two attached hydrogens (primary N) is 1. The van der Waals surface area contributed by atoms with E-state index in [1.165, 1.54) is 6.08 Å². The molecule has 3 aromatic heterocycles. The number of carbonyl (C=O) groups is 2. The van der Waals surface area contributed by atoms with E-state index in [4.69, 9.17) is 24.9 Å². The molecular formula is C33H40N6O5. The molecule has 2 unspecified atom stereocenters. The molecule has 0 aliphatic rings. The highest BCUT2D eigenvalue weighted by Crippen LogP contribution is 2.35. The lowest BCUT2D eigenvalue weighted by atomic mass is 10.0. The van der Waals surface area contributed by atoms with Crippen molar-refractivity contribution in [3.05, 3.63) is 67.1 Å². The number of pyridine rings is 2. The van der Waals surface area contributed by atoms with Gasteiger partial charge >= 0.3 is 5.97 Å². The van der Waals surface area contributed by atoms with Crippen molar-refractivity contribution in [1.82, 2.24) is 19.4 Å². The number of benzene rings is 1. The second kappa shape index (κ2) is 14.6. The summed E-state index contributed by atoms with van der Waals surface area (Å²) < 4.78 is 18.3. The molecule has 1 aromatic carbocycles. The van der Waals surface area contributed by atoms with Crippen LogP contribution in [0.25, 0.3) is 33.3 Å². The largest absolute Gasteiger partial charge is 0.497 e. The Kier molecular flexibility index (Phi) is 10.7. The number of rotatable bonds is 13. The van der Waals surface area contributed by atoms with Crippen LogP contribution in [0.4, 0.5) is 5.69 Å². The standard InChI is InChI=1S/C33H40N6O5/c1-7-21(2)31(34)33(41)44-20-39-19-28(22-10-11-35-30(16-22)43-6)27-15-24(18-36-32(27)39)23-13-25(17-26(14-23)42-5)37-29(40)9-8-12-38(3)4/h8-11,13-19,21,31H,7,12,20,34H2,1-6H3,(H,37,40)/b9-8+. The summed E-state index contributed by atoms with van der Waals surface area (Å²) >= 11 is 0. The van der Waals surface area contributed by atoms with E-state index in [0.717, 1.165) is 34.1 Å². The summed E-state index contributed by atoms with van der Waals surface area (Å²) in [5.74, 6) is 0.333. The number of nitrogens with one attached hydrogen (secondary N) is 1. The molecule has 44 heavy (non-hydrogen) atoms. The highest BCUT2D eigenvalue weighted by Gasteiger charge is 2.22. The van der Waals surface area contributed by atoms with E-state index < -0.39 is 12.0 Å². The molecule has 0 aliphatic carbocycles. The van der Waals surface area contributed by atoms with Crippen LogP contribution in [0.3, 0.4) is 0 Å². The van der Waals surface area contributed by atoms with Crippen molar-refractivity contribution in [2.24, 2.45) is 11.7 Å². The third-order valence-corrected chi connectivity index (χ3v) is 7.33. The van der Waals surface area contributed by atoms with Gasteiger partial charge in [-0.3, -0.25) is 14.2 Å². The van der Waals surface area contributed by atoms with Gasteiger partial charge in [-0.25, -0.2) is 9.97 Å². The minimum atomic E-state index is -0.712. The number of hydrogen-bond donors (Lipinski definition) is 2. The quantitative estimate of drug-likeness (QED) is 0.165. The molecule has 3 N–H and O–H groups in total. The molecule has 4 rings (SSSR count). The van der Waals surface area contributed by atoms with E-state index >= 15 is 0 Å². The number of esters is 1. The fourth-order valence-electron chi connectivity index (χ4n) is 4.57. The van der Waals surface area contributed by atoms with Crippen LogP contribution in [-0.2, 0) is 21.1 Å². The van der Waals surface area contributed by atoms with Crippen molar-refractivity contribution >= 4 is 28.6 Å². The van der Waals surface area contributed by atoms with Crippen LogP contribution < -0.4 is 20.5 Å². The van der Waals surface area contributed by atoms with Crippen LogP contribution in [0.1, 0.15) is 20.3 Å². The first-order valence-corrected chi connectivity index (χ1v) is 14.4. The number of anilines is 1. The lowest BCUT2D eigenvalue weighted by molar-refractivity contribution is -0.150. The number of aromatic nitrogens is 3. The van der Waals surface area contributed by atoms with Gasteiger partial charge in [0.15, 0.2) is 6.73 Å². The predicted octanol–water partition coefficient (Wildman–Crippen LogP) is 4.71. The number of amides is 1. The molecule has 1 amide bonds. The Morgan fingerprint density at radius 1 is 1.07 bits per heavy atom.